The normalized spacial score (nSPS) is 27.6. The van der Waals surface area contributed by atoms with Gasteiger partial charge in [0.15, 0.2) is 0 Å². The van der Waals surface area contributed by atoms with Crippen LogP contribution in [0.2, 0.25) is 0 Å². The van der Waals surface area contributed by atoms with E-state index in [9.17, 15) is 13.2 Å². The SMILES string of the molecule is COc1cc2c(c(C(F)(F)F)c1)CO[C@]1(C)CNC[C@H]21.Cl. The Balaban J connectivity index is 0.00000161. The Morgan fingerprint density at radius 3 is 2.71 bits per heavy atom. The molecule has 1 fully saturated rings. The second-order valence-electron chi connectivity index (χ2n) is 5.53. The maximum absolute atomic E-state index is 13.2. The van der Waals surface area contributed by atoms with Crippen LogP contribution in [0.3, 0.4) is 0 Å². The molecule has 3 nitrogen and oxygen atoms in total. The number of nitrogens with one attached hydrogen (secondary N) is 1. The number of alkyl halides is 3. The predicted molar refractivity (Wildman–Crippen MR) is 74.0 cm³/mol. The fourth-order valence-electron chi connectivity index (χ4n) is 3.14. The minimum Gasteiger partial charge on any atom is -0.497 e. The number of hydrogen-bond acceptors (Lipinski definition) is 3. The van der Waals surface area contributed by atoms with E-state index in [0.717, 1.165) is 6.07 Å². The molecule has 0 unspecified atom stereocenters. The summed E-state index contributed by atoms with van der Waals surface area (Å²) in [4.78, 5) is 0. The number of benzene rings is 1. The lowest BCUT2D eigenvalue weighted by Crippen LogP contribution is -2.40. The van der Waals surface area contributed by atoms with Gasteiger partial charge in [-0.15, -0.1) is 12.4 Å². The quantitative estimate of drug-likeness (QED) is 0.861. The zero-order valence-electron chi connectivity index (χ0n) is 11.7. The van der Waals surface area contributed by atoms with Crippen LogP contribution in [0.1, 0.15) is 29.5 Å². The van der Waals surface area contributed by atoms with Crippen molar-refractivity contribution in [3.63, 3.8) is 0 Å². The average molecular weight is 324 g/mol. The van der Waals surface area contributed by atoms with E-state index in [0.29, 0.717) is 18.7 Å². The first-order valence-corrected chi connectivity index (χ1v) is 6.48. The third-order valence-corrected chi connectivity index (χ3v) is 4.28. The van der Waals surface area contributed by atoms with Crippen LogP contribution in [0.15, 0.2) is 12.1 Å². The van der Waals surface area contributed by atoms with Crippen molar-refractivity contribution in [2.75, 3.05) is 20.2 Å². The number of rotatable bonds is 1. The summed E-state index contributed by atoms with van der Waals surface area (Å²) >= 11 is 0. The van der Waals surface area contributed by atoms with Crippen LogP contribution in [0.4, 0.5) is 13.2 Å². The summed E-state index contributed by atoms with van der Waals surface area (Å²) in [6.07, 6.45) is -4.40. The van der Waals surface area contributed by atoms with Gasteiger partial charge in [0.05, 0.1) is 24.9 Å². The standard InChI is InChI=1S/C14H16F3NO2.ClH/c1-13-7-18-5-12(13)9-3-8(19-2)4-11(14(15,16)17)10(9)6-20-13;/h3-4,12,18H,5-7H2,1-2H3;1H/t12-,13-;/m1./s1. The number of ether oxygens (including phenoxy) is 2. The molecule has 2 atom stereocenters. The molecule has 1 aromatic carbocycles. The molecule has 2 heterocycles. The number of fused-ring (bicyclic) bond motifs is 3. The van der Waals surface area contributed by atoms with Crippen molar-refractivity contribution in [1.29, 1.82) is 0 Å². The van der Waals surface area contributed by atoms with E-state index < -0.39 is 17.3 Å². The second kappa shape index (κ2) is 5.34. The Hall–Kier alpha value is -0.980. The number of hydrogen-bond donors (Lipinski definition) is 1. The van der Waals surface area contributed by atoms with Gasteiger partial charge in [0.1, 0.15) is 5.75 Å². The molecule has 0 saturated carbocycles. The van der Waals surface area contributed by atoms with Crippen molar-refractivity contribution in [3.05, 3.63) is 28.8 Å². The zero-order valence-corrected chi connectivity index (χ0v) is 12.5. The van der Waals surface area contributed by atoms with Gasteiger partial charge in [-0.25, -0.2) is 0 Å². The van der Waals surface area contributed by atoms with E-state index in [1.54, 1.807) is 6.07 Å². The van der Waals surface area contributed by atoms with Crippen LogP contribution in [-0.2, 0) is 17.5 Å². The topological polar surface area (TPSA) is 30.5 Å². The Morgan fingerprint density at radius 1 is 1.38 bits per heavy atom. The Bertz CT molecular complexity index is 550. The van der Waals surface area contributed by atoms with Crippen LogP contribution >= 0.6 is 12.4 Å². The summed E-state index contributed by atoms with van der Waals surface area (Å²) < 4.78 is 50.4. The minimum absolute atomic E-state index is 0. The molecular formula is C14H17ClF3NO2. The molecule has 0 aromatic heterocycles. The van der Waals surface area contributed by atoms with E-state index in [-0.39, 0.29) is 36.2 Å². The van der Waals surface area contributed by atoms with Crippen molar-refractivity contribution in [2.45, 2.75) is 31.2 Å². The molecule has 1 saturated heterocycles. The summed E-state index contributed by atoms with van der Waals surface area (Å²) in [5.74, 6) is 0.162. The van der Waals surface area contributed by atoms with E-state index >= 15 is 0 Å². The fourth-order valence-corrected chi connectivity index (χ4v) is 3.14. The summed E-state index contributed by atoms with van der Waals surface area (Å²) in [5.41, 5.74) is -0.164. The van der Waals surface area contributed by atoms with Crippen LogP contribution in [0.25, 0.3) is 0 Å². The van der Waals surface area contributed by atoms with Gasteiger partial charge < -0.3 is 14.8 Å². The van der Waals surface area contributed by atoms with Gasteiger partial charge in [-0.2, -0.15) is 13.2 Å². The molecule has 0 spiro atoms. The lowest BCUT2D eigenvalue weighted by Gasteiger charge is -2.38. The van der Waals surface area contributed by atoms with Crippen molar-refractivity contribution in [1.82, 2.24) is 5.32 Å². The average Bonchev–Trinajstić information content (AvgIpc) is 2.78. The maximum Gasteiger partial charge on any atom is 0.416 e. The number of methoxy groups -OCH3 is 1. The van der Waals surface area contributed by atoms with Gasteiger partial charge in [0.25, 0.3) is 0 Å². The van der Waals surface area contributed by atoms with E-state index in [2.05, 4.69) is 5.32 Å². The minimum atomic E-state index is -4.40. The summed E-state index contributed by atoms with van der Waals surface area (Å²) in [5, 5.41) is 3.19. The van der Waals surface area contributed by atoms with Crippen LogP contribution in [0.5, 0.6) is 5.75 Å². The molecule has 1 aromatic rings. The molecule has 0 radical (unpaired) electrons. The molecule has 1 N–H and O–H groups in total. The number of halogens is 4. The van der Waals surface area contributed by atoms with Crippen molar-refractivity contribution < 1.29 is 22.6 Å². The van der Waals surface area contributed by atoms with Gasteiger partial charge in [0.2, 0.25) is 0 Å². The third-order valence-electron chi connectivity index (χ3n) is 4.28. The Labute approximate surface area is 127 Å². The molecule has 7 heteroatoms. The largest absolute Gasteiger partial charge is 0.497 e. The lowest BCUT2D eigenvalue weighted by molar-refractivity contribution is -0.141. The Morgan fingerprint density at radius 2 is 2.10 bits per heavy atom. The van der Waals surface area contributed by atoms with Crippen molar-refractivity contribution in [2.24, 2.45) is 0 Å². The van der Waals surface area contributed by atoms with Gasteiger partial charge in [-0.1, -0.05) is 0 Å². The monoisotopic (exact) mass is 323 g/mol. The molecule has 0 aliphatic carbocycles. The second-order valence-corrected chi connectivity index (χ2v) is 5.53. The predicted octanol–water partition coefficient (Wildman–Crippen LogP) is 3.11. The third kappa shape index (κ3) is 2.60. The van der Waals surface area contributed by atoms with Crippen LogP contribution in [-0.4, -0.2) is 25.8 Å². The fraction of sp³-hybridized carbons (Fsp3) is 0.571. The molecule has 3 rings (SSSR count). The van der Waals surface area contributed by atoms with Crippen molar-refractivity contribution in [3.8, 4) is 5.75 Å². The smallest absolute Gasteiger partial charge is 0.416 e. The summed E-state index contributed by atoms with van der Waals surface area (Å²) in [7, 11) is 1.38. The summed E-state index contributed by atoms with van der Waals surface area (Å²) in [6.45, 7) is 3.19. The molecule has 0 bridgehead atoms. The first-order chi connectivity index (χ1) is 9.35. The van der Waals surface area contributed by atoms with E-state index in [1.807, 2.05) is 6.92 Å². The van der Waals surface area contributed by atoms with E-state index in [4.69, 9.17) is 9.47 Å². The molecule has 2 aliphatic heterocycles. The van der Waals surface area contributed by atoms with Gasteiger partial charge in [0, 0.05) is 19.0 Å². The van der Waals surface area contributed by atoms with Gasteiger partial charge >= 0.3 is 6.18 Å². The van der Waals surface area contributed by atoms with Gasteiger partial charge in [-0.3, -0.25) is 0 Å². The maximum atomic E-state index is 13.2. The molecule has 21 heavy (non-hydrogen) atoms. The zero-order chi connectivity index (χ0) is 14.5. The van der Waals surface area contributed by atoms with Crippen LogP contribution in [0, 0.1) is 0 Å². The van der Waals surface area contributed by atoms with Crippen LogP contribution < -0.4 is 10.1 Å². The highest BCUT2D eigenvalue weighted by Crippen LogP contribution is 2.46. The molecule has 118 valence electrons. The summed E-state index contributed by atoms with van der Waals surface area (Å²) in [6, 6.07) is 2.76. The molecular weight excluding hydrogens is 307 g/mol. The highest BCUT2D eigenvalue weighted by Gasteiger charge is 2.47. The highest BCUT2D eigenvalue weighted by molar-refractivity contribution is 5.85. The Kier molecular flexibility index (Phi) is 4.17. The first-order valence-electron chi connectivity index (χ1n) is 6.48. The molecule has 0 amide bonds. The molecule has 2 aliphatic rings. The van der Waals surface area contributed by atoms with Crippen molar-refractivity contribution >= 4 is 12.4 Å². The van der Waals surface area contributed by atoms with E-state index in [1.165, 1.54) is 7.11 Å². The highest BCUT2D eigenvalue weighted by atomic mass is 35.5. The first kappa shape index (κ1) is 16.4. The lowest BCUT2D eigenvalue weighted by atomic mass is 9.80. The van der Waals surface area contributed by atoms with Gasteiger partial charge in [-0.05, 0) is 30.2 Å².